The van der Waals surface area contributed by atoms with Crippen LogP contribution < -0.4 is 0 Å². The minimum absolute atomic E-state index is 0.314. The van der Waals surface area contributed by atoms with Crippen LogP contribution in [0.25, 0.3) is 0 Å². The minimum atomic E-state index is -0.816. The van der Waals surface area contributed by atoms with Crippen LogP contribution in [0.4, 0.5) is 0 Å². The molecule has 2 aliphatic carbocycles. The maximum absolute atomic E-state index is 10.5. The van der Waals surface area contributed by atoms with Crippen LogP contribution in [0.1, 0.15) is 33.1 Å². The average Bonchev–Trinajstić information content (AvgIpc) is 2.59. The van der Waals surface area contributed by atoms with E-state index in [-0.39, 0.29) is 0 Å². The van der Waals surface area contributed by atoms with Crippen molar-refractivity contribution in [1.29, 1.82) is 0 Å². The van der Waals surface area contributed by atoms with E-state index in [9.17, 15) is 4.79 Å². The summed E-state index contributed by atoms with van der Waals surface area (Å²) < 4.78 is 0. The van der Waals surface area contributed by atoms with E-state index in [2.05, 4.69) is 13.8 Å². The van der Waals surface area contributed by atoms with E-state index in [1.807, 2.05) is 6.08 Å². The van der Waals surface area contributed by atoms with E-state index in [1.54, 1.807) is 0 Å². The Labute approximate surface area is 85.0 Å². The lowest BCUT2D eigenvalue weighted by atomic mass is 9.68. The molecule has 2 rings (SSSR count). The first-order valence-corrected chi connectivity index (χ1v) is 5.43. The van der Waals surface area contributed by atoms with Gasteiger partial charge in [0.05, 0.1) is 0 Å². The first kappa shape index (κ1) is 9.75. The van der Waals surface area contributed by atoms with Crippen LogP contribution in [0.15, 0.2) is 12.2 Å². The second-order valence-electron chi connectivity index (χ2n) is 5.31. The fourth-order valence-electron chi connectivity index (χ4n) is 3.49. The maximum Gasteiger partial charge on any atom is 0.327 e. The van der Waals surface area contributed by atoms with Gasteiger partial charge < -0.3 is 5.11 Å². The Hall–Kier alpha value is -0.790. The van der Waals surface area contributed by atoms with Crippen molar-refractivity contribution in [1.82, 2.24) is 0 Å². The van der Waals surface area contributed by atoms with E-state index in [0.29, 0.717) is 11.3 Å². The van der Waals surface area contributed by atoms with Gasteiger partial charge in [-0.05, 0) is 42.4 Å². The van der Waals surface area contributed by atoms with Crippen LogP contribution in [-0.2, 0) is 4.79 Å². The lowest BCUT2D eigenvalue weighted by Gasteiger charge is -2.36. The molecule has 2 saturated carbocycles. The first-order valence-electron chi connectivity index (χ1n) is 5.43. The number of hydrogen-bond donors (Lipinski definition) is 1. The zero-order valence-corrected chi connectivity index (χ0v) is 8.86. The molecule has 0 heterocycles. The lowest BCUT2D eigenvalue weighted by molar-refractivity contribution is -0.131. The largest absolute Gasteiger partial charge is 0.478 e. The molecule has 2 bridgehead atoms. The smallest absolute Gasteiger partial charge is 0.327 e. The number of carboxylic acid groups (broad SMARTS) is 1. The highest BCUT2D eigenvalue weighted by molar-refractivity contribution is 5.79. The van der Waals surface area contributed by atoms with E-state index in [4.69, 9.17) is 5.11 Å². The van der Waals surface area contributed by atoms with Gasteiger partial charge in [0.1, 0.15) is 0 Å². The third kappa shape index (κ3) is 1.37. The molecule has 0 aromatic heterocycles. The summed E-state index contributed by atoms with van der Waals surface area (Å²) in [6, 6.07) is 0. The molecular formula is C12H18O2. The molecular weight excluding hydrogens is 176 g/mol. The van der Waals surface area contributed by atoms with Gasteiger partial charge in [0.15, 0.2) is 0 Å². The van der Waals surface area contributed by atoms with Crippen molar-refractivity contribution in [3.63, 3.8) is 0 Å². The van der Waals surface area contributed by atoms with Crippen LogP contribution in [0.2, 0.25) is 0 Å². The molecule has 0 aliphatic heterocycles. The third-order valence-electron chi connectivity index (χ3n) is 4.34. The van der Waals surface area contributed by atoms with Crippen molar-refractivity contribution >= 4 is 5.97 Å². The third-order valence-corrected chi connectivity index (χ3v) is 4.34. The predicted octanol–water partition coefficient (Wildman–Crippen LogP) is 2.70. The van der Waals surface area contributed by atoms with Crippen LogP contribution in [0, 0.1) is 23.2 Å². The quantitative estimate of drug-likeness (QED) is 0.686. The topological polar surface area (TPSA) is 37.3 Å². The van der Waals surface area contributed by atoms with Gasteiger partial charge >= 0.3 is 5.97 Å². The fourth-order valence-corrected chi connectivity index (χ4v) is 3.49. The summed E-state index contributed by atoms with van der Waals surface area (Å²) in [7, 11) is 0. The zero-order valence-electron chi connectivity index (χ0n) is 8.86. The molecule has 78 valence electrons. The highest BCUT2D eigenvalue weighted by atomic mass is 16.4. The summed E-state index contributed by atoms with van der Waals surface area (Å²) in [5.74, 6) is 1.22. The number of carboxylic acids is 1. The molecule has 2 heteroatoms. The summed E-state index contributed by atoms with van der Waals surface area (Å²) >= 11 is 0. The first-order chi connectivity index (χ1) is 6.51. The SMILES string of the molecule is CC1(C)[C@H]2CC[C@H](C2)[C@@H]1/C=C/C(=O)O. The molecule has 3 atom stereocenters. The van der Waals surface area contributed by atoms with Crippen LogP contribution in [-0.4, -0.2) is 11.1 Å². The standard InChI is InChI=1S/C12H18O2/c1-12(2)9-4-3-8(7-9)10(12)5-6-11(13)14/h5-6,8-10H,3-4,7H2,1-2H3,(H,13,14)/b6-5+/t8-,9+,10+/m1/s1. The highest BCUT2D eigenvalue weighted by Crippen LogP contribution is 2.59. The molecule has 0 saturated heterocycles. The van der Waals surface area contributed by atoms with Gasteiger partial charge in [0.25, 0.3) is 0 Å². The number of aliphatic carboxylic acids is 1. The number of fused-ring (bicyclic) bond motifs is 2. The van der Waals surface area contributed by atoms with Gasteiger partial charge in [0, 0.05) is 6.08 Å². The second kappa shape index (κ2) is 3.11. The molecule has 0 amide bonds. The van der Waals surface area contributed by atoms with Crippen molar-refractivity contribution in [3.8, 4) is 0 Å². The van der Waals surface area contributed by atoms with E-state index in [0.717, 1.165) is 11.8 Å². The van der Waals surface area contributed by atoms with Crippen molar-refractivity contribution in [2.75, 3.05) is 0 Å². The predicted molar refractivity (Wildman–Crippen MR) is 54.9 cm³/mol. The van der Waals surface area contributed by atoms with Crippen molar-refractivity contribution in [2.45, 2.75) is 33.1 Å². The Balaban J connectivity index is 2.15. The summed E-state index contributed by atoms with van der Waals surface area (Å²) in [5.41, 5.74) is 0.314. The monoisotopic (exact) mass is 194 g/mol. The van der Waals surface area contributed by atoms with Crippen molar-refractivity contribution in [2.24, 2.45) is 23.2 Å². The van der Waals surface area contributed by atoms with Gasteiger partial charge in [0.2, 0.25) is 0 Å². The van der Waals surface area contributed by atoms with E-state index >= 15 is 0 Å². The summed E-state index contributed by atoms with van der Waals surface area (Å²) in [5, 5.41) is 8.63. The number of hydrogen-bond acceptors (Lipinski definition) is 1. The molecule has 0 radical (unpaired) electrons. The fraction of sp³-hybridized carbons (Fsp3) is 0.750. The molecule has 1 N–H and O–H groups in total. The highest BCUT2D eigenvalue weighted by Gasteiger charge is 2.51. The molecule has 0 spiro atoms. The minimum Gasteiger partial charge on any atom is -0.478 e. The average molecular weight is 194 g/mol. The van der Waals surface area contributed by atoms with E-state index < -0.39 is 5.97 Å². The molecule has 0 unspecified atom stereocenters. The van der Waals surface area contributed by atoms with Crippen molar-refractivity contribution < 1.29 is 9.90 Å². The van der Waals surface area contributed by atoms with E-state index in [1.165, 1.54) is 25.3 Å². The van der Waals surface area contributed by atoms with Crippen LogP contribution in [0.5, 0.6) is 0 Å². The van der Waals surface area contributed by atoms with Gasteiger partial charge in [-0.15, -0.1) is 0 Å². The summed E-state index contributed by atoms with van der Waals surface area (Å²) in [6.07, 6.45) is 7.19. The maximum atomic E-state index is 10.5. The number of allylic oxidation sites excluding steroid dienone is 1. The number of carbonyl (C=O) groups is 1. The van der Waals surface area contributed by atoms with Crippen LogP contribution in [0.3, 0.4) is 0 Å². The molecule has 0 aromatic rings. The summed E-state index contributed by atoms with van der Waals surface area (Å²) in [6.45, 7) is 4.57. The Morgan fingerprint density at radius 3 is 2.64 bits per heavy atom. The van der Waals surface area contributed by atoms with Gasteiger partial charge in [-0.3, -0.25) is 0 Å². The summed E-state index contributed by atoms with van der Waals surface area (Å²) in [4.78, 5) is 10.5. The van der Waals surface area contributed by atoms with Gasteiger partial charge in [-0.25, -0.2) is 4.79 Å². The normalized spacial score (nSPS) is 39.4. The molecule has 0 aromatic carbocycles. The lowest BCUT2D eigenvalue weighted by Crippen LogP contribution is -2.29. The van der Waals surface area contributed by atoms with Gasteiger partial charge in [-0.2, -0.15) is 0 Å². The Morgan fingerprint density at radius 2 is 2.14 bits per heavy atom. The number of rotatable bonds is 2. The molecule has 2 nitrogen and oxygen atoms in total. The van der Waals surface area contributed by atoms with Gasteiger partial charge in [-0.1, -0.05) is 19.9 Å². The van der Waals surface area contributed by atoms with Crippen LogP contribution >= 0.6 is 0 Å². The molecule has 2 aliphatic rings. The Morgan fingerprint density at radius 1 is 1.43 bits per heavy atom. The Bertz CT molecular complexity index is 278. The van der Waals surface area contributed by atoms with Crippen molar-refractivity contribution in [3.05, 3.63) is 12.2 Å². The second-order valence-corrected chi connectivity index (χ2v) is 5.31. The molecule has 14 heavy (non-hydrogen) atoms. The zero-order chi connectivity index (χ0) is 10.3. The molecule has 2 fully saturated rings. The Kier molecular flexibility index (Phi) is 2.17.